The van der Waals surface area contributed by atoms with Crippen LogP contribution in [0.3, 0.4) is 0 Å². The number of H-pyrrole nitrogens is 2. The quantitative estimate of drug-likeness (QED) is 0.755. The summed E-state index contributed by atoms with van der Waals surface area (Å²) in [6.45, 7) is 0. The highest BCUT2D eigenvalue weighted by atomic mass is 35.5. The van der Waals surface area contributed by atoms with Crippen LogP contribution < -0.4 is 5.69 Å². The van der Waals surface area contributed by atoms with Crippen molar-refractivity contribution in [2.45, 2.75) is 9.92 Å². The maximum atomic E-state index is 11.2. The van der Waals surface area contributed by atoms with Gasteiger partial charge >= 0.3 is 5.69 Å². The van der Waals surface area contributed by atoms with Gasteiger partial charge in [0.25, 0.3) is 0 Å². The number of aromatic nitrogens is 4. The Morgan fingerprint density at radius 2 is 2.11 bits per heavy atom. The average Bonchev–Trinajstić information content (AvgIpc) is 2.76. The summed E-state index contributed by atoms with van der Waals surface area (Å²) < 4.78 is 0. The SMILES string of the molecule is O=c1[nH]c2ccc(Sc3cnccn3)c(Cl)c2[nH]1. The van der Waals surface area contributed by atoms with Crippen molar-refractivity contribution in [2.24, 2.45) is 0 Å². The van der Waals surface area contributed by atoms with Crippen LogP contribution in [0.15, 0.2) is 45.4 Å². The van der Waals surface area contributed by atoms with Crippen molar-refractivity contribution >= 4 is 34.4 Å². The summed E-state index contributed by atoms with van der Waals surface area (Å²) in [7, 11) is 0. The van der Waals surface area contributed by atoms with E-state index in [-0.39, 0.29) is 5.69 Å². The smallest absolute Gasteiger partial charge is 0.306 e. The Labute approximate surface area is 111 Å². The van der Waals surface area contributed by atoms with Crippen LogP contribution in [0.5, 0.6) is 0 Å². The molecule has 0 aliphatic carbocycles. The molecule has 0 radical (unpaired) electrons. The first-order valence-electron chi connectivity index (χ1n) is 5.08. The van der Waals surface area contributed by atoms with Crippen LogP contribution in [0.1, 0.15) is 0 Å². The van der Waals surface area contributed by atoms with Gasteiger partial charge in [0, 0.05) is 17.3 Å². The summed E-state index contributed by atoms with van der Waals surface area (Å²) in [5.41, 5.74) is 1.03. The summed E-state index contributed by atoms with van der Waals surface area (Å²) in [5.74, 6) is 0. The lowest BCUT2D eigenvalue weighted by Gasteiger charge is -2.03. The minimum Gasteiger partial charge on any atom is -0.306 e. The zero-order chi connectivity index (χ0) is 12.5. The molecule has 2 aromatic heterocycles. The molecule has 3 aromatic rings. The molecule has 7 heteroatoms. The molecule has 5 nitrogen and oxygen atoms in total. The summed E-state index contributed by atoms with van der Waals surface area (Å²) in [6.07, 6.45) is 4.89. The molecule has 0 saturated heterocycles. The lowest BCUT2D eigenvalue weighted by atomic mass is 10.3. The summed E-state index contributed by atoms with van der Waals surface area (Å²) in [4.78, 5) is 25.5. The van der Waals surface area contributed by atoms with E-state index in [2.05, 4.69) is 19.9 Å². The third-order valence-corrected chi connectivity index (χ3v) is 3.83. The van der Waals surface area contributed by atoms with Gasteiger partial charge in [0.05, 0.1) is 22.3 Å². The minimum absolute atomic E-state index is 0.270. The normalized spacial score (nSPS) is 10.9. The number of halogens is 1. The summed E-state index contributed by atoms with van der Waals surface area (Å²) in [6, 6.07) is 3.64. The van der Waals surface area contributed by atoms with Crippen LogP contribution in [0.2, 0.25) is 5.02 Å². The predicted molar refractivity (Wildman–Crippen MR) is 70.1 cm³/mol. The molecule has 3 rings (SSSR count). The van der Waals surface area contributed by atoms with Gasteiger partial charge < -0.3 is 9.97 Å². The highest BCUT2D eigenvalue weighted by Gasteiger charge is 2.10. The molecule has 0 aliphatic heterocycles. The lowest BCUT2D eigenvalue weighted by Crippen LogP contribution is -1.99. The monoisotopic (exact) mass is 278 g/mol. The number of nitrogens with zero attached hydrogens (tertiary/aromatic N) is 2. The molecule has 0 amide bonds. The number of hydrogen-bond donors (Lipinski definition) is 2. The van der Waals surface area contributed by atoms with Gasteiger partial charge in [-0.2, -0.15) is 0 Å². The fourth-order valence-corrected chi connectivity index (χ4v) is 2.69. The van der Waals surface area contributed by atoms with E-state index in [1.165, 1.54) is 11.8 Å². The zero-order valence-corrected chi connectivity index (χ0v) is 10.5. The summed E-state index contributed by atoms with van der Waals surface area (Å²) in [5, 5.41) is 1.25. The number of benzene rings is 1. The predicted octanol–water partition coefficient (Wildman–Crippen LogP) is 2.45. The Bertz CT molecular complexity index is 753. The molecule has 0 bridgehead atoms. The minimum atomic E-state index is -0.270. The Balaban J connectivity index is 2.07. The maximum absolute atomic E-state index is 11.2. The van der Waals surface area contributed by atoms with Gasteiger partial charge in [0.1, 0.15) is 5.03 Å². The van der Waals surface area contributed by atoms with Crippen LogP contribution in [0.4, 0.5) is 0 Å². The number of nitrogens with one attached hydrogen (secondary N) is 2. The number of rotatable bonds is 2. The molecule has 18 heavy (non-hydrogen) atoms. The highest BCUT2D eigenvalue weighted by molar-refractivity contribution is 7.99. The van der Waals surface area contributed by atoms with Crippen LogP contribution in [-0.4, -0.2) is 19.9 Å². The highest BCUT2D eigenvalue weighted by Crippen LogP contribution is 2.34. The maximum Gasteiger partial charge on any atom is 0.323 e. The van der Waals surface area contributed by atoms with Crippen LogP contribution >= 0.6 is 23.4 Å². The molecule has 1 aromatic carbocycles. The van der Waals surface area contributed by atoms with E-state index < -0.39 is 0 Å². The van der Waals surface area contributed by atoms with E-state index in [4.69, 9.17) is 11.6 Å². The number of aromatic amines is 2. The van der Waals surface area contributed by atoms with E-state index in [9.17, 15) is 4.79 Å². The van der Waals surface area contributed by atoms with Crippen molar-refractivity contribution in [1.82, 2.24) is 19.9 Å². The second-order valence-corrected chi connectivity index (χ2v) is 4.97. The number of fused-ring (bicyclic) bond motifs is 1. The van der Waals surface area contributed by atoms with Crippen molar-refractivity contribution < 1.29 is 0 Å². The standard InChI is InChI=1S/C11H7ClN4OS/c12-9-7(18-8-5-13-3-4-14-8)2-1-6-10(9)16-11(17)15-6/h1-5H,(H2,15,16,17). The molecule has 0 fully saturated rings. The molecule has 0 saturated carbocycles. The van der Waals surface area contributed by atoms with Gasteiger partial charge in [-0.3, -0.25) is 4.98 Å². The Kier molecular flexibility index (Phi) is 2.81. The van der Waals surface area contributed by atoms with E-state index in [1.54, 1.807) is 24.7 Å². The van der Waals surface area contributed by atoms with Crippen molar-refractivity contribution in [2.75, 3.05) is 0 Å². The Hall–Kier alpha value is -1.79. The third-order valence-electron chi connectivity index (χ3n) is 2.35. The van der Waals surface area contributed by atoms with E-state index in [0.29, 0.717) is 16.1 Å². The molecule has 2 N–H and O–H groups in total. The summed E-state index contributed by atoms with van der Waals surface area (Å²) >= 11 is 7.64. The molecule has 0 spiro atoms. The molecular formula is C11H7ClN4OS. The second-order valence-electron chi connectivity index (χ2n) is 3.53. The molecule has 0 aliphatic rings. The largest absolute Gasteiger partial charge is 0.323 e. The van der Waals surface area contributed by atoms with Gasteiger partial charge in [-0.15, -0.1) is 0 Å². The fraction of sp³-hybridized carbons (Fsp3) is 0. The fourth-order valence-electron chi connectivity index (χ4n) is 1.58. The van der Waals surface area contributed by atoms with Gasteiger partial charge in [-0.25, -0.2) is 9.78 Å². The van der Waals surface area contributed by atoms with Crippen LogP contribution in [0, 0.1) is 0 Å². The first kappa shape index (κ1) is 11.3. The first-order chi connectivity index (χ1) is 8.74. The van der Waals surface area contributed by atoms with Gasteiger partial charge in [0.2, 0.25) is 0 Å². The Morgan fingerprint density at radius 3 is 2.89 bits per heavy atom. The van der Waals surface area contributed by atoms with Crippen molar-refractivity contribution in [3.8, 4) is 0 Å². The molecule has 0 unspecified atom stereocenters. The van der Waals surface area contributed by atoms with Gasteiger partial charge in [-0.1, -0.05) is 23.4 Å². The van der Waals surface area contributed by atoms with E-state index >= 15 is 0 Å². The van der Waals surface area contributed by atoms with Crippen molar-refractivity contribution in [3.05, 3.63) is 46.2 Å². The average molecular weight is 279 g/mol. The lowest BCUT2D eigenvalue weighted by molar-refractivity contribution is 1.05. The molecular weight excluding hydrogens is 272 g/mol. The topological polar surface area (TPSA) is 74.4 Å². The third kappa shape index (κ3) is 2.00. The zero-order valence-electron chi connectivity index (χ0n) is 8.98. The van der Waals surface area contributed by atoms with Crippen molar-refractivity contribution in [1.29, 1.82) is 0 Å². The van der Waals surface area contributed by atoms with E-state index in [0.717, 1.165) is 9.92 Å². The van der Waals surface area contributed by atoms with E-state index in [1.807, 2.05) is 6.07 Å². The van der Waals surface area contributed by atoms with Gasteiger partial charge in [-0.05, 0) is 12.1 Å². The second kappa shape index (κ2) is 4.47. The molecule has 0 atom stereocenters. The first-order valence-corrected chi connectivity index (χ1v) is 6.28. The molecule has 90 valence electrons. The van der Waals surface area contributed by atoms with Crippen molar-refractivity contribution in [3.63, 3.8) is 0 Å². The number of hydrogen-bond acceptors (Lipinski definition) is 4. The van der Waals surface area contributed by atoms with Crippen LogP contribution in [-0.2, 0) is 0 Å². The number of imidazole rings is 1. The Morgan fingerprint density at radius 1 is 1.22 bits per heavy atom. The van der Waals surface area contributed by atoms with Gasteiger partial charge in [0.15, 0.2) is 0 Å². The van der Waals surface area contributed by atoms with Crippen LogP contribution in [0.25, 0.3) is 11.0 Å². The molecule has 2 heterocycles.